The minimum Gasteiger partial charge on any atom is -0.497 e. The van der Waals surface area contributed by atoms with Crippen LogP contribution in [0.15, 0.2) is 48.5 Å². The number of carbonyl (C=O) groups is 1. The Morgan fingerprint density at radius 1 is 1.28 bits per heavy atom. The third kappa shape index (κ3) is 4.71. The number of nitrogens with zero attached hydrogens (tertiary/aromatic N) is 1. The van der Waals surface area contributed by atoms with Gasteiger partial charge in [-0.15, -0.1) is 11.8 Å². The number of methoxy groups -OCH3 is 1. The number of halogens is 1. The molecule has 0 N–H and O–H groups in total. The molecule has 2 aromatic rings. The molecule has 3 rings (SSSR count). The average molecular weight is 376 g/mol. The molecule has 1 saturated heterocycles. The van der Waals surface area contributed by atoms with Gasteiger partial charge in [-0.05, 0) is 48.2 Å². The summed E-state index contributed by atoms with van der Waals surface area (Å²) < 4.78 is 5.32. The SMILES string of the molecule is COc1cccc(C2CCCN2C(=O)CSCc2ccc(Cl)cc2)c1. The first-order valence-corrected chi connectivity index (χ1v) is 9.96. The Kier molecular flexibility index (Phi) is 6.27. The van der Waals surface area contributed by atoms with E-state index < -0.39 is 0 Å². The molecule has 0 aromatic heterocycles. The van der Waals surface area contributed by atoms with Crippen LogP contribution in [0.25, 0.3) is 0 Å². The first-order chi connectivity index (χ1) is 12.2. The predicted molar refractivity (Wildman–Crippen MR) is 104 cm³/mol. The Labute approximate surface area is 158 Å². The quantitative estimate of drug-likeness (QED) is 0.715. The van der Waals surface area contributed by atoms with Gasteiger partial charge in [0, 0.05) is 17.3 Å². The molecule has 1 amide bonds. The molecular formula is C20H22ClNO2S. The van der Waals surface area contributed by atoms with Crippen LogP contribution in [0.4, 0.5) is 0 Å². The molecule has 1 atom stereocenters. The fraction of sp³-hybridized carbons (Fsp3) is 0.350. The molecule has 1 heterocycles. The second kappa shape index (κ2) is 8.63. The topological polar surface area (TPSA) is 29.5 Å². The van der Waals surface area contributed by atoms with Crippen LogP contribution in [0.5, 0.6) is 5.75 Å². The Morgan fingerprint density at radius 3 is 2.84 bits per heavy atom. The zero-order chi connectivity index (χ0) is 17.6. The maximum atomic E-state index is 12.7. The van der Waals surface area contributed by atoms with Crippen molar-refractivity contribution in [1.82, 2.24) is 4.90 Å². The molecule has 0 saturated carbocycles. The van der Waals surface area contributed by atoms with E-state index >= 15 is 0 Å². The van der Waals surface area contributed by atoms with Gasteiger partial charge in [-0.1, -0.05) is 35.9 Å². The number of benzene rings is 2. The van der Waals surface area contributed by atoms with Crippen molar-refractivity contribution in [3.63, 3.8) is 0 Å². The molecule has 1 aliphatic heterocycles. The molecule has 132 valence electrons. The summed E-state index contributed by atoms with van der Waals surface area (Å²) in [5, 5.41) is 0.739. The van der Waals surface area contributed by atoms with Crippen molar-refractivity contribution in [3.8, 4) is 5.75 Å². The van der Waals surface area contributed by atoms with Gasteiger partial charge in [0.15, 0.2) is 0 Å². The molecule has 3 nitrogen and oxygen atoms in total. The van der Waals surface area contributed by atoms with Crippen LogP contribution in [0.2, 0.25) is 5.02 Å². The molecule has 0 spiro atoms. The zero-order valence-corrected chi connectivity index (χ0v) is 15.9. The summed E-state index contributed by atoms with van der Waals surface area (Å²) in [6, 6.07) is 16.0. The van der Waals surface area contributed by atoms with Crippen LogP contribution < -0.4 is 4.74 Å². The van der Waals surface area contributed by atoms with Crippen LogP contribution in [0.3, 0.4) is 0 Å². The fourth-order valence-electron chi connectivity index (χ4n) is 3.18. The maximum Gasteiger partial charge on any atom is 0.233 e. The standard InChI is InChI=1S/C20H22ClNO2S/c1-24-18-5-2-4-16(12-18)19-6-3-11-22(19)20(23)14-25-13-15-7-9-17(21)10-8-15/h2,4-5,7-10,12,19H,3,6,11,13-14H2,1H3. The predicted octanol–water partition coefficient (Wildman–Crippen LogP) is 4.95. The monoisotopic (exact) mass is 375 g/mol. The third-order valence-corrected chi connectivity index (χ3v) is 5.70. The number of carbonyl (C=O) groups excluding carboxylic acids is 1. The Balaban J connectivity index is 1.57. The van der Waals surface area contributed by atoms with Gasteiger partial charge in [-0.2, -0.15) is 0 Å². The first kappa shape index (κ1) is 18.2. The second-order valence-electron chi connectivity index (χ2n) is 6.14. The number of ether oxygens (including phenoxy) is 1. The van der Waals surface area contributed by atoms with Gasteiger partial charge in [0.2, 0.25) is 5.91 Å². The van der Waals surface area contributed by atoms with Crippen molar-refractivity contribution >= 4 is 29.3 Å². The number of thioether (sulfide) groups is 1. The Bertz CT molecular complexity index is 720. The first-order valence-electron chi connectivity index (χ1n) is 8.43. The van der Waals surface area contributed by atoms with Crippen LogP contribution >= 0.6 is 23.4 Å². The van der Waals surface area contributed by atoms with Crippen molar-refractivity contribution in [2.24, 2.45) is 0 Å². The third-order valence-electron chi connectivity index (χ3n) is 4.46. The van der Waals surface area contributed by atoms with Crippen molar-refractivity contribution in [1.29, 1.82) is 0 Å². The Morgan fingerprint density at radius 2 is 2.08 bits per heavy atom. The highest BCUT2D eigenvalue weighted by Crippen LogP contribution is 2.34. The van der Waals surface area contributed by atoms with Gasteiger partial charge in [0.25, 0.3) is 0 Å². The number of hydrogen-bond donors (Lipinski definition) is 0. The number of rotatable bonds is 6. The summed E-state index contributed by atoms with van der Waals surface area (Å²) >= 11 is 7.55. The van der Waals surface area contributed by atoms with Crippen LogP contribution in [0, 0.1) is 0 Å². The molecule has 0 bridgehead atoms. The van der Waals surface area contributed by atoms with E-state index in [0.717, 1.165) is 41.5 Å². The molecule has 0 radical (unpaired) electrons. The van der Waals surface area contributed by atoms with Crippen LogP contribution in [-0.2, 0) is 10.5 Å². The summed E-state index contributed by atoms with van der Waals surface area (Å²) in [4.78, 5) is 14.7. The molecule has 1 aliphatic rings. The Hall–Kier alpha value is -1.65. The van der Waals surface area contributed by atoms with Gasteiger partial charge >= 0.3 is 0 Å². The summed E-state index contributed by atoms with van der Waals surface area (Å²) in [6.45, 7) is 0.836. The van der Waals surface area contributed by atoms with Crippen molar-refractivity contribution in [3.05, 3.63) is 64.7 Å². The van der Waals surface area contributed by atoms with Gasteiger partial charge in [-0.25, -0.2) is 0 Å². The van der Waals surface area contributed by atoms with Crippen molar-refractivity contribution in [2.45, 2.75) is 24.6 Å². The highest BCUT2D eigenvalue weighted by molar-refractivity contribution is 7.99. The van der Waals surface area contributed by atoms with E-state index in [1.54, 1.807) is 18.9 Å². The molecule has 0 aliphatic carbocycles. The van der Waals surface area contributed by atoms with E-state index in [2.05, 4.69) is 6.07 Å². The summed E-state index contributed by atoms with van der Waals surface area (Å²) in [6.07, 6.45) is 2.07. The van der Waals surface area contributed by atoms with Crippen LogP contribution in [-0.4, -0.2) is 30.2 Å². The largest absolute Gasteiger partial charge is 0.497 e. The lowest BCUT2D eigenvalue weighted by atomic mass is 10.0. The second-order valence-corrected chi connectivity index (χ2v) is 7.56. The lowest BCUT2D eigenvalue weighted by Gasteiger charge is -2.25. The van der Waals surface area contributed by atoms with Crippen LogP contribution in [0.1, 0.15) is 30.0 Å². The van der Waals surface area contributed by atoms with E-state index in [-0.39, 0.29) is 11.9 Å². The molecule has 25 heavy (non-hydrogen) atoms. The smallest absolute Gasteiger partial charge is 0.233 e. The van der Waals surface area contributed by atoms with Gasteiger partial charge in [0.1, 0.15) is 5.75 Å². The van der Waals surface area contributed by atoms with Crippen molar-refractivity contribution in [2.75, 3.05) is 19.4 Å². The fourth-order valence-corrected chi connectivity index (χ4v) is 4.18. The van der Waals surface area contributed by atoms with E-state index in [0.29, 0.717) is 5.75 Å². The van der Waals surface area contributed by atoms with E-state index in [1.165, 1.54) is 5.56 Å². The zero-order valence-electron chi connectivity index (χ0n) is 14.3. The molecule has 5 heteroatoms. The maximum absolute atomic E-state index is 12.7. The van der Waals surface area contributed by atoms with Gasteiger partial charge in [0.05, 0.1) is 18.9 Å². The van der Waals surface area contributed by atoms with E-state index in [1.807, 2.05) is 47.4 Å². The van der Waals surface area contributed by atoms with Crippen molar-refractivity contribution < 1.29 is 9.53 Å². The lowest BCUT2D eigenvalue weighted by molar-refractivity contribution is -0.129. The molecular weight excluding hydrogens is 354 g/mol. The summed E-state index contributed by atoms with van der Waals surface area (Å²) in [5.41, 5.74) is 2.35. The average Bonchev–Trinajstić information content (AvgIpc) is 3.13. The minimum absolute atomic E-state index is 0.165. The lowest BCUT2D eigenvalue weighted by Crippen LogP contribution is -2.32. The number of likely N-dealkylation sites (tertiary alicyclic amines) is 1. The van der Waals surface area contributed by atoms with Gasteiger partial charge in [-0.3, -0.25) is 4.79 Å². The number of amides is 1. The molecule has 1 fully saturated rings. The number of hydrogen-bond acceptors (Lipinski definition) is 3. The minimum atomic E-state index is 0.165. The van der Waals surface area contributed by atoms with Gasteiger partial charge < -0.3 is 9.64 Å². The molecule has 1 unspecified atom stereocenters. The normalized spacial score (nSPS) is 16.9. The highest BCUT2D eigenvalue weighted by Gasteiger charge is 2.29. The summed E-state index contributed by atoms with van der Waals surface area (Å²) in [5.74, 6) is 2.38. The summed E-state index contributed by atoms with van der Waals surface area (Å²) in [7, 11) is 1.67. The molecule has 2 aromatic carbocycles. The highest BCUT2D eigenvalue weighted by atomic mass is 35.5. The van der Waals surface area contributed by atoms with E-state index in [4.69, 9.17) is 16.3 Å². The van der Waals surface area contributed by atoms with E-state index in [9.17, 15) is 4.79 Å².